The first-order chi connectivity index (χ1) is 10.1. The Kier molecular flexibility index (Phi) is 3.73. The highest BCUT2D eigenvalue weighted by Gasteiger charge is 2.16. The van der Waals surface area contributed by atoms with Gasteiger partial charge in [-0.25, -0.2) is 4.39 Å². The molecule has 0 unspecified atom stereocenters. The lowest BCUT2D eigenvalue weighted by Gasteiger charge is -2.08. The highest BCUT2D eigenvalue weighted by atomic mass is 79.9. The van der Waals surface area contributed by atoms with E-state index in [-0.39, 0.29) is 5.69 Å². The van der Waals surface area contributed by atoms with E-state index in [0.717, 1.165) is 4.47 Å². The summed E-state index contributed by atoms with van der Waals surface area (Å²) in [5, 5.41) is 11.5. The van der Waals surface area contributed by atoms with Gasteiger partial charge >= 0.3 is 0 Å². The lowest BCUT2D eigenvalue weighted by Crippen LogP contribution is -2.03. The van der Waals surface area contributed by atoms with Crippen molar-refractivity contribution in [1.82, 2.24) is 20.2 Å². The standard InChI is InChI=1S/C13H8Br2FN5/c14-7-1-4-12(11(16)5-7)21-13(18-19-20-21)9-6-8(17)2-3-10(9)15/h1-6H,17H2. The molecule has 0 saturated heterocycles. The van der Waals surface area contributed by atoms with Gasteiger partial charge in [0.1, 0.15) is 11.5 Å². The number of hydrogen-bond donors (Lipinski definition) is 1. The molecule has 0 spiro atoms. The SMILES string of the molecule is Nc1ccc(Br)c(-c2nnnn2-c2ccc(Br)cc2F)c1. The molecule has 21 heavy (non-hydrogen) atoms. The van der Waals surface area contributed by atoms with Crippen LogP contribution in [-0.2, 0) is 0 Å². The van der Waals surface area contributed by atoms with Crippen molar-refractivity contribution >= 4 is 37.5 Å². The fraction of sp³-hybridized carbons (Fsp3) is 0. The summed E-state index contributed by atoms with van der Waals surface area (Å²) < 4.78 is 16.9. The molecule has 3 rings (SSSR count). The molecule has 5 nitrogen and oxygen atoms in total. The highest BCUT2D eigenvalue weighted by Crippen LogP contribution is 2.30. The molecular formula is C13H8Br2FN5. The van der Waals surface area contributed by atoms with Gasteiger partial charge in [0.15, 0.2) is 5.82 Å². The summed E-state index contributed by atoms with van der Waals surface area (Å²) in [7, 11) is 0. The summed E-state index contributed by atoms with van der Waals surface area (Å²) in [6.45, 7) is 0. The van der Waals surface area contributed by atoms with E-state index in [4.69, 9.17) is 5.73 Å². The number of tetrazole rings is 1. The van der Waals surface area contributed by atoms with E-state index < -0.39 is 5.82 Å². The van der Waals surface area contributed by atoms with E-state index in [1.165, 1.54) is 10.7 Å². The number of aromatic nitrogens is 4. The Morgan fingerprint density at radius 1 is 1.10 bits per heavy atom. The fourth-order valence-electron chi connectivity index (χ4n) is 1.88. The second-order valence-electron chi connectivity index (χ2n) is 4.25. The summed E-state index contributed by atoms with van der Waals surface area (Å²) in [5.74, 6) is -0.0339. The molecule has 1 aromatic heterocycles. The Balaban J connectivity index is 2.19. The number of hydrogen-bond acceptors (Lipinski definition) is 4. The van der Waals surface area contributed by atoms with Crippen molar-refractivity contribution in [3.8, 4) is 17.1 Å². The third-order valence-electron chi connectivity index (χ3n) is 2.84. The molecule has 1 heterocycles. The maximum absolute atomic E-state index is 14.1. The minimum Gasteiger partial charge on any atom is -0.399 e. The van der Waals surface area contributed by atoms with Crippen LogP contribution in [0.3, 0.4) is 0 Å². The van der Waals surface area contributed by atoms with Crippen LogP contribution in [0.25, 0.3) is 17.1 Å². The zero-order valence-electron chi connectivity index (χ0n) is 10.5. The van der Waals surface area contributed by atoms with Gasteiger partial charge in [0.2, 0.25) is 0 Å². The quantitative estimate of drug-likeness (QED) is 0.653. The number of rotatable bonds is 2. The highest BCUT2D eigenvalue weighted by molar-refractivity contribution is 9.10. The molecule has 0 atom stereocenters. The van der Waals surface area contributed by atoms with Gasteiger partial charge in [0.25, 0.3) is 0 Å². The van der Waals surface area contributed by atoms with E-state index in [1.54, 1.807) is 30.3 Å². The summed E-state index contributed by atoms with van der Waals surface area (Å²) in [5.41, 5.74) is 7.30. The minimum atomic E-state index is -0.432. The van der Waals surface area contributed by atoms with Gasteiger partial charge < -0.3 is 5.73 Å². The molecule has 0 aliphatic heterocycles. The van der Waals surface area contributed by atoms with Crippen molar-refractivity contribution in [2.45, 2.75) is 0 Å². The van der Waals surface area contributed by atoms with Crippen LogP contribution in [0.1, 0.15) is 0 Å². The molecule has 0 saturated carbocycles. The Hall–Kier alpha value is -1.80. The summed E-state index contributed by atoms with van der Waals surface area (Å²) in [4.78, 5) is 0. The largest absolute Gasteiger partial charge is 0.399 e. The first kappa shape index (κ1) is 14.2. The van der Waals surface area contributed by atoms with Gasteiger partial charge in [-0.2, -0.15) is 4.68 Å². The topological polar surface area (TPSA) is 69.6 Å². The fourth-order valence-corrected chi connectivity index (χ4v) is 2.64. The third kappa shape index (κ3) is 2.68. The minimum absolute atomic E-state index is 0.257. The third-order valence-corrected chi connectivity index (χ3v) is 4.02. The number of nitrogens with zero attached hydrogens (tertiary/aromatic N) is 4. The number of nitrogens with two attached hydrogens (primary N) is 1. The molecule has 8 heteroatoms. The maximum Gasteiger partial charge on any atom is 0.188 e. The Bertz CT molecular complexity index is 818. The maximum atomic E-state index is 14.1. The molecule has 0 bridgehead atoms. The second-order valence-corrected chi connectivity index (χ2v) is 6.02. The average Bonchev–Trinajstić information content (AvgIpc) is 2.90. The lowest BCUT2D eigenvalue weighted by molar-refractivity contribution is 0.607. The van der Waals surface area contributed by atoms with Gasteiger partial charge in [-0.15, -0.1) is 5.10 Å². The smallest absolute Gasteiger partial charge is 0.188 e. The molecule has 0 radical (unpaired) electrons. The average molecular weight is 413 g/mol. The second kappa shape index (κ2) is 5.53. The van der Waals surface area contributed by atoms with E-state index >= 15 is 0 Å². The molecule has 0 amide bonds. The van der Waals surface area contributed by atoms with Gasteiger partial charge in [-0.05, 0) is 46.8 Å². The summed E-state index contributed by atoms with van der Waals surface area (Å²) in [6, 6.07) is 9.94. The number of benzene rings is 2. The first-order valence-corrected chi connectivity index (χ1v) is 7.44. The van der Waals surface area contributed by atoms with Gasteiger partial charge in [0, 0.05) is 20.2 Å². The Morgan fingerprint density at radius 3 is 2.67 bits per heavy atom. The summed E-state index contributed by atoms with van der Waals surface area (Å²) in [6.07, 6.45) is 0. The predicted molar refractivity (Wildman–Crippen MR) is 84.4 cm³/mol. The Morgan fingerprint density at radius 2 is 1.90 bits per heavy atom. The van der Waals surface area contributed by atoms with Crippen LogP contribution in [-0.4, -0.2) is 20.2 Å². The van der Waals surface area contributed by atoms with Crippen LogP contribution in [0, 0.1) is 5.82 Å². The van der Waals surface area contributed by atoms with E-state index in [1.807, 2.05) is 0 Å². The molecule has 0 aliphatic rings. The van der Waals surface area contributed by atoms with Crippen LogP contribution in [0.5, 0.6) is 0 Å². The van der Waals surface area contributed by atoms with Gasteiger partial charge in [-0.3, -0.25) is 0 Å². The molecule has 2 N–H and O–H groups in total. The first-order valence-electron chi connectivity index (χ1n) is 5.85. The number of nitrogen functional groups attached to an aromatic ring is 1. The van der Waals surface area contributed by atoms with Crippen molar-refractivity contribution in [3.05, 3.63) is 51.2 Å². The zero-order valence-corrected chi connectivity index (χ0v) is 13.6. The van der Waals surface area contributed by atoms with Gasteiger partial charge in [-0.1, -0.05) is 31.9 Å². The van der Waals surface area contributed by atoms with Crippen molar-refractivity contribution in [2.24, 2.45) is 0 Å². The van der Waals surface area contributed by atoms with E-state index in [9.17, 15) is 4.39 Å². The monoisotopic (exact) mass is 411 g/mol. The molecule has 2 aromatic carbocycles. The lowest BCUT2D eigenvalue weighted by atomic mass is 10.2. The van der Waals surface area contributed by atoms with E-state index in [2.05, 4.69) is 47.4 Å². The van der Waals surface area contributed by atoms with E-state index in [0.29, 0.717) is 21.5 Å². The number of anilines is 1. The molecule has 0 fully saturated rings. The number of halogens is 3. The molecular weight excluding hydrogens is 405 g/mol. The van der Waals surface area contributed by atoms with Crippen LogP contribution < -0.4 is 5.73 Å². The van der Waals surface area contributed by atoms with Crippen molar-refractivity contribution in [3.63, 3.8) is 0 Å². The van der Waals surface area contributed by atoms with Crippen molar-refractivity contribution < 1.29 is 4.39 Å². The molecule has 3 aromatic rings. The molecule has 106 valence electrons. The van der Waals surface area contributed by atoms with Crippen LogP contribution in [0.2, 0.25) is 0 Å². The van der Waals surface area contributed by atoms with Crippen LogP contribution in [0.15, 0.2) is 45.3 Å². The van der Waals surface area contributed by atoms with Crippen molar-refractivity contribution in [1.29, 1.82) is 0 Å². The Labute approximate surface area is 136 Å². The van der Waals surface area contributed by atoms with Crippen LogP contribution in [0.4, 0.5) is 10.1 Å². The van der Waals surface area contributed by atoms with Crippen LogP contribution >= 0.6 is 31.9 Å². The summed E-state index contributed by atoms with van der Waals surface area (Å²) >= 11 is 6.64. The van der Waals surface area contributed by atoms with Gasteiger partial charge in [0.05, 0.1) is 0 Å². The molecule has 0 aliphatic carbocycles. The zero-order chi connectivity index (χ0) is 15.0. The predicted octanol–water partition coefficient (Wildman–Crippen LogP) is 3.58. The normalized spacial score (nSPS) is 10.8. The van der Waals surface area contributed by atoms with Crippen molar-refractivity contribution in [2.75, 3.05) is 5.73 Å².